The summed E-state index contributed by atoms with van der Waals surface area (Å²) in [6.07, 6.45) is 1.62. The Morgan fingerprint density at radius 1 is 1.69 bits per heavy atom. The Morgan fingerprint density at radius 3 is 2.88 bits per heavy atom. The monoisotopic (exact) mass is 239 g/mol. The molecule has 1 rings (SSSR count). The van der Waals surface area contributed by atoms with Crippen molar-refractivity contribution in [1.29, 1.82) is 0 Å². The highest BCUT2D eigenvalue weighted by molar-refractivity contribution is 6.30. The molecule has 0 spiro atoms. The Kier molecular flexibility index (Phi) is 4.10. The number of hydrogen-bond acceptors (Lipinski definition) is 2. The van der Waals surface area contributed by atoms with E-state index in [2.05, 4.69) is 11.9 Å². The van der Waals surface area contributed by atoms with Crippen LogP contribution in [0.25, 0.3) is 0 Å². The summed E-state index contributed by atoms with van der Waals surface area (Å²) in [5.41, 5.74) is -0.534. The van der Waals surface area contributed by atoms with E-state index >= 15 is 0 Å². The molecule has 0 amide bonds. The van der Waals surface area contributed by atoms with E-state index in [-0.39, 0.29) is 0 Å². The van der Waals surface area contributed by atoms with Crippen molar-refractivity contribution >= 4 is 17.6 Å². The predicted octanol–water partition coefficient (Wildman–Crippen LogP) is 2.42. The van der Waals surface area contributed by atoms with E-state index in [9.17, 15) is 9.90 Å². The molecule has 0 aliphatic carbocycles. The fourth-order valence-corrected chi connectivity index (χ4v) is 1.57. The van der Waals surface area contributed by atoms with E-state index in [4.69, 9.17) is 11.6 Å². The number of halogens is 1. The summed E-state index contributed by atoms with van der Waals surface area (Å²) in [6.45, 7) is 5.57. The van der Waals surface area contributed by atoms with Crippen molar-refractivity contribution in [2.45, 2.75) is 12.5 Å². The van der Waals surface area contributed by atoms with Gasteiger partial charge in [0.1, 0.15) is 5.54 Å². The highest BCUT2D eigenvalue weighted by Gasteiger charge is 2.34. The van der Waals surface area contributed by atoms with Crippen LogP contribution in [0.3, 0.4) is 0 Å². The van der Waals surface area contributed by atoms with Gasteiger partial charge in [0.15, 0.2) is 0 Å². The number of benzene rings is 1. The predicted molar refractivity (Wildman–Crippen MR) is 64.6 cm³/mol. The fourth-order valence-electron chi connectivity index (χ4n) is 1.38. The first-order valence-corrected chi connectivity index (χ1v) is 5.24. The Balaban J connectivity index is 3.10. The van der Waals surface area contributed by atoms with Gasteiger partial charge in [-0.25, -0.2) is 4.79 Å². The van der Waals surface area contributed by atoms with Crippen LogP contribution in [0.4, 0.5) is 0 Å². The lowest BCUT2D eigenvalue weighted by Crippen LogP contribution is -2.46. The van der Waals surface area contributed by atoms with Crippen LogP contribution >= 0.6 is 11.6 Å². The van der Waals surface area contributed by atoms with Crippen LogP contribution < -0.4 is 5.32 Å². The third kappa shape index (κ3) is 2.62. The first-order valence-electron chi connectivity index (χ1n) is 4.86. The van der Waals surface area contributed by atoms with Gasteiger partial charge in [-0.1, -0.05) is 29.8 Å². The van der Waals surface area contributed by atoms with Gasteiger partial charge in [-0.05, 0) is 24.6 Å². The molecule has 4 heteroatoms. The Bertz CT molecular complexity index is 406. The lowest BCUT2D eigenvalue weighted by Gasteiger charge is -2.26. The standard InChI is InChI=1S/C12H14ClNO2/c1-3-7-14-12(2,11(15)16)9-5-4-6-10(13)8-9/h3-6,8,14H,1,7H2,2H3,(H,15,16). The van der Waals surface area contributed by atoms with Crippen molar-refractivity contribution in [2.75, 3.05) is 6.54 Å². The Morgan fingerprint density at radius 2 is 2.38 bits per heavy atom. The molecule has 0 saturated carbocycles. The molecule has 0 bridgehead atoms. The summed E-state index contributed by atoms with van der Waals surface area (Å²) in [5, 5.41) is 12.7. The smallest absolute Gasteiger partial charge is 0.328 e. The van der Waals surface area contributed by atoms with Crippen LogP contribution in [-0.4, -0.2) is 17.6 Å². The van der Waals surface area contributed by atoms with Crippen molar-refractivity contribution in [3.63, 3.8) is 0 Å². The number of aliphatic carboxylic acids is 1. The first kappa shape index (κ1) is 12.7. The lowest BCUT2D eigenvalue weighted by atomic mass is 9.92. The molecule has 2 N–H and O–H groups in total. The van der Waals surface area contributed by atoms with Gasteiger partial charge >= 0.3 is 5.97 Å². The summed E-state index contributed by atoms with van der Waals surface area (Å²) in [5.74, 6) is -0.948. The van der Waals surface area contributed by atoms with Crippen LogP contribution in [-0.2, 0) is 10.3 Å². The van der Waals surface area contributed by atoms with E-state index in [0.717, 1.165) is 0 Å². The Hall–Kier alpha value is -1.32. The van der Waals surface area contributed by atoms with Crippen LogP contribution in [0.15, 0.2) is 36.9 Å². The van der Waals surface area contributed by atoms with Gasteiger partial charge in [0.05, 0.1) is 0 Å². The third-order valence-electron chi connectivity index (χ3n) is 2.43. The highest BCUT2D eigenvalue weighted by atomic mass is 35.5. The van der Waals surface area contributed by atoms with Gasteiger partial charge in [-0.15, -0.1) is 6.58 Å². The summed E-state index contributed by atoms with van der Waals surface area (Å²) < 4.78 is 0. The molecule has 0 heterocycles. The van der Waals surface area contributed by atoms with Gasteiger partial charge in [-0.2, -0.15) is 0 Å². The quantitative estimate of drug-likeness (QED) is 0.776. The van der Waals surface area contributed by atoms with Crippen molar-refractivity contribution < 1.29 is 9.90 Å². The summed E-state index contributed by atoms with van der Waals surface area (Å²) in [4.78, 5) is 11.3. The maximum absolute atomic E-state index is 11.3. The maximum Gasteiger partial charge on any atom is 0.328 e. The zero-order valence-corrected chi connectivity index (χ0v) is 9.79. The van der Waals surface area contributed by atoms with E-state index in [1.165, 1.54) is 0 Å². The topological polar surface area (TPSA) is 49.3 Å². The number of rotatable bonds is 5. The molecule has 0 aliphatic rings. The SMILES string of the molecule is C=CCNC(C)(C(=O)O)c1cccc(Cl)c1. The number of carbonyl (C=O) groups is 1. The molecule has 1 aromatic rings. The molecule has 86 valence electrons. The molecule has 1 unspecified atom stereocenters. The van der Waals surface area contributed by atoms with Gasteiger partial charge in [0.25, 0.3) is 0 Å². The molecule has 0 fully saturated rings. The van der Waals surface area contributed by atoms with E-state index in [1.54, 1.807) is 37.3 Å². The lowest BCUT2D eigenvalue weighted by molar-refractivity contribution is -0.144. The molecule has 0 aromatic heterocycles. The molecule has 3 nitrogen and oxygen atoms in total. The second-order valence-electron chi connectivity index (χ2n) is 3.61. The maximum atomic E-state index is 11.3. The van der Waals surface area contributed by atoms with Crippen molar-refractivity contribution in [3.8, 4) is 0 Å². The minimum Gasteiger partial charge on any atom is -0.480 e. The second-order valence-corrected chi connectivity index (χ2v) is 4.05. The molecule has 16 heavy (non-hydrogen) atoms. The van der Waals surface area contributed by atoms with E-state index in [0.29, 0.717) is 17.1 Å². The number of carboxylic acids is 1. The Labute approximate surface area is 99.7 Å². The van der Waals surface area contributed by atoms with Gasteiger partial charge in [-0.3, -0.25) is 5.32 Å². The van der Waals surface area contributed by atoms with Crippen molar-refractivity contribution in [1.82, 2.24) is 5.32 Å². The summed E-state index contributed by atoms with van der Waals surface area (Å²) >= 11 is 5.85. The molecule has 1 aromatic carbocycles. The van der Waals surface area contributed by atoms with Crippen LogP contribution in [0.2, 0.25) is 5.02 Å². The number of nitrogens with one attached hydrogen (secondary N) is 1. The normalized spacial score (nSPS) is 14.1. The van der Waals surface area contributed by atoms with E-state index < -0.39 is 11.5 Å². The highest BCUT2D eigenvalue weighted by Crippen LogP contribution is 2.23. The van der Waals surface area contributed by atoms with Crippen LogP contribution in [0.1, 0.15) is 12.5 Å². The summed E-state index contributed by atoms with van der Waals surface area (Å²) in [6, 6.07) is 6.82. The molecular weight excluding hydrogens is 226 g/mol. The van der Waals surface area contributed by atoms with Gasteiger partial charge in [0, 0.05) is 11.6 Å². The zero-order chi connectivity index (χ0) is 12.2. The second kappa shape index (κ2) is 5.14. The molecule has 0 aliphatic heterocycles. The van der Waals surface area contributed by atoms with Gasteiger partial charge < -0.3 is 5.11 Å². The average molecular weight is 240 g/mol. The largest absolute Gasteiger partial charge is 0.480 e. The van der Waals surface area contributed by atoms with Crippen LogP contribution in [0.5, 0.6) is 0 Å². The fraction of sp³-hybridized carbons (Fsp3) is 0.250. The van der Waals surface area contributed by atoms with Crippen molar-refractivity contribution in [3.05, 3.63) is 47.5 Å². The number of hydrogen-bond donors (Lipinski definition) is 2. The first-order chi connectivity index (χ1) is 7.50. The van der Waals surface area contributed by atoms with Gasteiger partial charge in [0.2, 0.25) is 0 Å². The molecule has 0 radical (unpaired) electrons. The van der Waals surface area contributed by atoms with Crippen molar-refractivity contribution in [2.24, 2.45) is 0 Å². The van der Waals surface area contributed by atoms with E-state index in [1.807, 2.05) is 0 Å². The third-order valence-corrected chi connectivity index (χ3v) is 2.66. The average Bonchev–Trinajstić information content (AvgIpc) is 2.25. The molecular formula is C12H14ClNO2. The zero-order valence-electron chi connectivity index (χ0n) is 9.03. The van der Waals surface area contributed by atoms with Crippen LogP contribution in [0, 0.1) is 0 Å². The minimum atomic E-state index is -1.15. The number of carboxylic acid groups (broad SMARTS) is 1. The molecule has 0 saturated heterocycles. The minimum absolute atomic E-state index is 0.412. The molecule has 1 atom stereocenters. The summed E-state index contributed by atoms with van der Waals surface area (Å²) in [7, 11) is 0.